The highest BCUT2D eigenvalue weighted by atomic mass is 16.4. The molecule has 0 aromatic heterocycles. The molecule has 0 saturated carbocycles. The maximum absolute atomic E-state index is 11.3. The van der Waals surface area contributed by atoms with Crippen LogP contribution in [0.2, 0.25) is 0 Å². The second-order valence-electron chi connectivity index (χ2n) is 4.68. The maximum atomic E-state index is 11.3. The first kappa shape index (κ1) is 14.4. The summed E-state index contributed by atoms with van der Waals surface area (Å²) < 4.78 is 0. The van der Waals surface area contributed by atoms with Crippen molar-refractivity contribution in [2.45, 2.75) is 32.2 Å². The lowest BCUT2D eigenvalue weighted by molar-refractivity contribution is -0.145. The highest BCUT2D eigenvalue weighted by molar-refractivity contribution is 5.93. The molecule has 7 heteroatoms. The first-order valence-electron chi connectivity index (χ1n) is 5.96. The number of nitrogens with one attached hydrogen (secondary N) is 1. The third kappa shape index (κ3) is 4.33. The van der Waals surface area contributed by atoms with Crippen LogP contribution >= 0.6 is 0 Å². The van der Waals surface area contributed by atoms with Gasteiger partial charge in [-0.1, -0.05) is 6.92 Å². The van der Waals surface area contributed by atoms with Gasteiger partial charge in [0, 0.05) is 13.0 Å². The predicted molar refractivity (Wildman–Crippen MR) is 63.7 cm³/mol. The number of imide groups is 1. The molecule has 1 aliphatic rings. The highest BCUT2D eigenvalue weighted by Gasteiger charge is 2.31. The van der Waals surface area contributed by atoms with Crippen LogP contribution < -0.4 is 11.1 Å². The van der Waals surface area contributed by atoms with Crippen LogP contribution in [-0.2, 0) is 9.59 Å². The minimum atomic E-state index is -0.887. The van der Waals surface area contributed by atoms with Crippen LogP contribution in [0.5, 0.6) is 0 Å². The SMILES string of the molecule is CC1CCN(CCC(=O)NC(N)=O)C(C(=O)O)C1. The number of carbonyl (C=O) groups excluding carboxylic acids is 2. The molecule has 1 aliphatic heterocycles. The topological polar surface area (TPSA) is 113 Å². The number of piperidine rings is 1. The normalized spacial score (nSPS) is 24.5. The number of nitrogens with two attached hydrogens (primary N) is 1. The van der Waals surface area contributed by atoms with Gasteiger partial charge in [-0.25, -0.2) is 4.79 Å². The zero-order valence-corrected chi connectivity index (χ0v) is 10.4. The van der Waals surface area contributed by atoms with Crippen LogP contribution in [0.1, 0.15) is 26.2 Å². The summed E-state index contributed by atoms with van der Waals surface area (Å²) in [6.45, 7) is 3.00. The molecule has 0 aromatic carbocycles. The van der Waals surface area contributed by atoms with Crippen LogP contribution in [0, 0.1) is 5.92 Å². The van der Waals surface area contributed by atoms with Crippen LogP contribution in [0.3, 0.4) is 0 Å². The molecular weight excluding hydrogens is 238 g/mol. The molecule has 0 radical (unpaired) electrons. The van der Waals surface area contributed by atoms with Crippen molar-refractivity contribution in [2.24, 2.45) is 11.7 Å². The first-order valence-corrected chi connectivity index (χ1v) is 5.96. The van der Waals surface area contributed by atoms with Crippen molar-refractivity contribution >= 4 is 17.9 Å². The van der Waals surface area contributed by atoms with Crippen molar-refractivity contribution in [2.75, 3.05) is 13.1 Å². The Morgan fingerprint density at radius 3 is 2.67 bits per heavy atom. The summed E-state index contributed by atoms with van der Waals surface area (Å²) in [7, 11) is 0. The second-order valence-corrected chi connectivity index (χ2v) is 4.68. The van der Waals surface area contributed by atoms with Gasteiger partial charge in [-0.3, -0.25) is 19.8 Å². The van der Waals surface area contributed by atoms with Crippen molar-refractivity contribution in [3.63, 3.8) is 0 Å². The third-order valence-electron chi connectivity index (χ3n) is 3.15. The monoisotopic (exact) mass is 257 g/mol. The number of nitrogens with zero attached hydrogens (tertiary/aromatic N) is 1. The van der Waals surface area contributed by atoms with Crippen LogP contribution in [0.4, 0.5) is 4.79 Å². The van der Waals surface area contributed by atoms with Gasteiger partial charge in [0.1, 0.15) is 6.04 Å². The Morgan fingerprint density at radius 2 is 2.11 bits per heavy atom. The predicted octanol–water partition coefficient (Wildman–Crippen LogP) is -0.243. The summed E-state index contributed by atoms with van der Waals surface area (Å²) >= 11 is 0. The van der Waals surface area contributed by atoms with E-state index in [1.54, 1.807) is 4.90 Å². The van der Waals surface area contributed by atoms with Crippen molar-refractivity contribution in [1.29, 1.82) is 0 Å². The van der Waals surface area contributed by atoms with Crippen LogP contribution in [0.15, 0.2) is 0 Å². The van der Waals surface area contributed by atoms with Gasteiger partial charge in [-0.05, 0) is 25.3 Å². The van der Waals surface area contributed by atoms with Gasteiger partial charge in [-0.15, -0.1) is 0 Å². The summed E-state index contributed by atoms with van der Waals surface area (Å²) in [5, 5.41) is 11.1. The van der Waals surface area contributed by atoms with E-state index in [0.29, 0.717) is 25.4 Å². The number of carboxylic acids is 1. The Morgan fingerprint density at radius 1 is 1.44 bits per heavy atom. The van der Waals surface area contributed by atoms with E-state index in [-0.39, 0.29) is 6.42 Å². The number of urea groups is 1. The Hall–Kier alpha value is -1.63. The molecule has 2 unspecified atom stereocenters. The van der Waals surface area contributed by atoms with Gasteiger partial charge in [-0.2, -0.15) is 0 Å². The van der Waals surface area contributed by atoms with E-state index >= 15 is 0 Å². The maximum Gasteiger partial charge on any atom is 0.320 e. The highest BCUT2D eigenvalue weighted by Crippen LogP contribution is 2.22. The van der Waals surface area contributed by atoms with Gasteiger partial charge in [0.15, 0.2) is 0 Å². The summed E-state index contributed by atoms with van der Waals surface area (Å²) in [6, 6.07) is -1.43. The Balaban J connectivity index is 2.46. The molecule has 1 rings (SSSR count). The van der Waals surface area contributed by atoms with Crippen molar-refractivity contribution in [3.8, 4) is 0 Å². The molecule has 1 fully saturated rings. The van der Waals surface area contributed by atoms with E-state index in [1.165, 1.54) is 0 Å². The molecule has 1 heterocycles. The number of rotatable bonds is 4. The molecule has 0 aliphatic carbocycles. The van der Waals surface area contributed by atoms with Gasteiger partial charge < -0.3 is 10.8 Å². The van der Waals surface area contributed by atoms with Crippen LogP contribution in [-0.4, -0.2) is 47.0 Å². The molecule has 0 aromatic rings. The summed E-state index contributed by atoms with van der Waals surface area (Å²) in [5.41, 5.74) is 4.82. The molecule has 102 valence electrons. The van der Waals surface area contributed by atoms with E-state index in [2.05, 4.69) is 0 Å². The molecule has 0 bridgehead atoms. The Bertz CT molecular complexity index is 345. The standard InChI is InChI=1S/C11H19N3O4/c1-7-2-4-14(8(6-7)10(16)17)5-3-9(15)13-11(12)18/h7-8H,2-6H2,1H3,(H,16,17)(H3,12,13,15,18). The lowest BCUT2D eigenvalue weighted by Crippen LogP contribution is -2.48. The van der Waals surface area contributed by atoms with Crippen molar-refractivity contribution in [3.05, 3.63) is 0 Å². The average Bonchev–Trinajstić information content (AvgIpc) is 2.26. The Kier molecular flexibility index (Phi) is 5.08. The number of hydrogen-bond donors (Lipinski definition) is 3. The van der Waals surface area contributed by atoms with E-state index in [4.69, 9.17) is 10.8 Å². The largest absolute Gasteiger partial charge is 0.480 e. The van der Waals surface area contributed by atoms with E-state index in [0.717, 1.165) is 6.42 Å². The fourth-order valence-corrected chi connectivity index (χ4v) is 2.16. The number of hydrogen-bond acceptors (Lipinski definition) is 4. The zero-order valence-electron chi connectivity index (χ0n) is 10.4. The van der Waals surface area contributed by atoms with Gasteiger partial charge in [0.2, 0.25) is 5.91 Å². The number of likely N-dealkylation sites (tertiary alicyclic amines) is 1. The molecule has 2 atom stereocenters. The number of primary amides is 1. The molecule has 0 spiro atoms. The van der Waals surface area contributed by atoms with Gasteiger partial charge >= 0.3 is 12.0 Å². The number of carboxylic acid groups (broad SMARTS) is 1. The quantitative estimate of drug-likeness (QED) is 0.643. The number of carbonyl (C=O) groups is 3. The summed E-state index contributed by atoms with van der Waals surface area (Å²) in [6.07, 6.45) is 1.58. The molecule has 7 nitrogen and oxygen atoms in total. The smallest absolute Gasteiger partial charge is 0.320 e. The number of aliphatic carboxylic acids is 1. The third-order valence-corrected chi connectivity index (χ3v) is 3.15. The van der Waals surface area contributed by atoms with E-state index in [9.17, 15) is 14.4 Å². The first-order chi connectivity index (χ1) is 8.40. The van der Waals surface area contributed by atoms with Gasteiger partial charge in [0.25, 0.3) is 0 Å². The minimum Gasteiger partial charge on any atom is -0.480 e. The fourth-order valence-electron chi connectivity index (χ4n) is 2.16. The molecule has 18 heavy (non-hydrogen) atoms. The lowest BCUT2D eigenvalue weighted by atomic mass is 9.92. The Labute approximate surface area is 105 Å². The molecular formula is C11H19N3O4. The van der Waals surface area contributed by atoms with Crippen molar-refractivity contribution in [1.82, 2.24) is 10.2 Å². The van der Waals surface area contributed by atoms with Gasteiger partial charge in [0.05, 0.1) is 0 Å². The minimum absolute atomic E-state index is 0.0705. The fraction of sp³-hybridized carbons (Fsp3) is 0.727. The molecule has 4 N–H and O–H groups in total. The van der Waals surface area contributed by atoms with Crippen molar-refractivity contribution < 1.29 is 19.5 Å². The lowest BCUT2D eigenvalue weighted by Gasteiger charge is -2.35. The van der Waals surface area contributed by atoms with Crippen LogP contribution in [0.25, 0.3) is 0 Å². The number of amides is 3. The van der Waals surface area contributed by atoms with E-state index < -0.39 is 23.9 Å². The second kappa shape index (κ2) is 6.34. The van der Waals surface area contributed by atoms with E-state index in [1.807, 2.05) is 12.2 Å². The average molecular weight is 257 g/mol. The summed E-state index contributed by atoms with van der Waals surface area (Å²) in [4.78, 5) is 34.6. The zero-order chi connectivity index (χ0) is 13.7. The summed E-state index contributed by atoms with van der Waals surface area (Å²) in [5.74, 6) is -0.969. The molecule has 3 amide bonds. The molecule has 1 saturated heterocycles.